The molecule has 0 aliphatic carbocycles. The van der Waals surface area contributed by atoms with E-state index in [1.807, 2.05) is 0 Å². The van der Waals surface area contributed by atoms with E-state index in [1.54, 1.807) is 0 Å². The maximum Gasteiger partial charge on any atom is 0.0223 e. The van der Waals surface area contributed by atoms with Crippen LogP contribution in [0.5, 0.6) is 0 Å². The molecule has 19 heavy (non-hydrogen) atoms. The number of allylic oxidation sites excluding steroid dienone is 6. The van der Waals surface area contributed by atoms with Crippen LogP contribution in [0.15, 0.2) is 36.5 Å². The lowest BCUT2D eigenvalue weighted by Gasteiger charge is -1.98. The summed E-state index contributed by atoms with van der Waals surface area (Å²) in [5.74, 6) is 0.824. The van der Waals surface area contributed by atoms with Gasteiger partial charge >= 0.3 is 0 Å². The molecule has 0 aliphatic rings. The number of hydrogen-bond donors (Lipinski definition) is 0. The van der Waals surface area contributed by atoms with Crippen LogP contribution >= 0.6 is 11.6 Å². The van der Waals surface area contributed by atoms with Crippen molar-refractivity contribution in [2.75, 3.05) is 5.88 Å². The van der Waals surface area contributed by atoms with Crippen LogP contribution in [0.2, 0.25) is 0 Å². The molecule has 0 spiro atoms. The van der Waals surface area contributed by atoms with Crippen LogP contribution in [-0.2, 0) is 0 Å². The minimum atomic E-state index is 0.824. The van der Waals surface area contributed by atoms with E-state index in [1.165, 1.54) is 44.9 Å². The van der Waals surface area contributed by atoms with Gasteiger partial charge < -0.3 is 0 Å². The molecule has 0 radical (unpaired) electrons. The average molecular weight is 283 g/mol. The van der Waals surface area contributed by atoms with Gasteiger partial charge in [0.15, 0.2) is 0 Å². The second-order valence-corrected chi connectivity index (χ2v) is 5.27. The maximum atomic E-state index is 5.64. The van der Waals surface area contributed by atoms with Gasteiger partial charge in [0.25, 0.3) is 0 Å². The van der Waals surface area contributed by atoms with Crippen LogP contribution in [0, 0.1) is 0 Å². The summed E-state index contributed by atoms with van der Waals surface area (Å²) in [6.07, 6.45) is 26.0. The van der Waals surface area contributed by atoms with E-state index in [4.69, 9.17) is 11.6 Å². The standard InChI is InChI=1S/C18H31Cl/c1-2-3-4-5-6-7-8-9-10-11-12-13-14-15-16-17-18-19/h3-4,6-7,9-10H,2,5,8,11-18H2,1H3/b4-3-,7-6-,10-9-. The van der Waals surface area contributed by atoms with Crippen molar-refractivity contribution in [1.29, 1.82) is 0 Å². The molecule has 0 saturated heterocycles. The smallest absolute Gasteiger partial charge is 0.0223 e. The molecule has 0 nitrogen and oxygen atoms in total. The first-order valence-corrected chi connectivity index (χ1v) is 8.46. The Labute approximate surface area is 125 Å². The van der Waals surface area contributed by atoms with Crippen molar-refractivity contribution in [2.45, 2.75) is 71.1 Å². The minimum Gasteiger partial charge on any atom is -0.127 e. The number of unbranched alkanes of at least 4 members (excludes halogenated alkanes) is 6. The van der Waals surface area contributed by atoms with Crippen molar-refractivity contribution >= 4 is 11.6 Å². The van der Waals surface area contributed by atoms with Crippen LogP contribution in [-0.4, -0.2) is 5.88 Å². The van der Waals surface area contributed by atoms with Gasteiger partial charge in [-0.25, -0.2) is 0 Å². The van der Waals surface area contributed by atoms with Crippen LogP contribution in [0.3, 0.4) is 0 Å². The molecule has 0 unspecified atom stereocenters. The summed E-state index contributed by atoms with van der Waals surface area (Å²) in [5, 5.41) is 0. The summed E-state index contributed by atoms with van der Waals surface area (Å²) >= 11 is 5.64. The molecule has 0 atom stereocenters. The summed E-state index contributed by atoms with van der Waals surface area (Å²) < 4.78 is 0. The highest BCUT2D eigenvalue weighted by Crippen LogP contribution is 2.08. The van der Waals surface area contributed by atoms with Crippen molar-refractivity contribution < 1.29 is 0 Å². The maximum absolute atomic E-state index is 5.64. The summed E-state index contributed by atoms with van der Waals surface area (Å²) in [6.45, 7) is 2.17. The first kappa shape index (κ1) is 18.5. The van der Waals surface area contributed by atoms with E-state index in [0.29, 0.717) is 0 Å². The molecule has 0 aliphatic heterocycles. The fraction of sp³-hybridized carbons (Fsp3) is 0.667. The molecule has 0 heterocycles. The summed E-state index contributed by atoms with van der Waals surface area (Å²) in [4.78, 5) is 0. The lowest BCUT2D eigenvalue weighted by atomic mass is 10.1. The van der Waals surface area contributed by atoms with Gasteiger partial charge in [0.2, 0.25) is 0 Å². The van der Waals surface area contributed by atoms with E-state index in [0.717, 1.165) is 25.1 Å². The number of rotatable bonds is 13. The Bertz CT molecular complexity index is 238. The molecule has 0 rings (SSSR count). The first-order chi connectivity index (χ1) is 9.41. The summed E-state index contributed by atoms with van der Waals surface area (Å²) in [6, 6.07) is 0. The lowest BCUT2D eigenvalue weighted by Crippen LogP contribution is -1.80. The van der Waals surface area contributed by atoms with E-state index >= 15 is 0 Å². The molecule has 0 amide bonds. The van der Waals surface area contributed by atoms with Crippen LogP contribution in [0.25, 0.3) is 0 Å². The molecule has 110 valence electrons. The highest BCUT2D eigenvalue weighted by Gasteiger charge is 1.89. The average Bonchev–Trinajstić information content (AvgIpc) is 2.43. The summed E-state index contributed by atoms with van der Waals surface area (Å²) in [5.41, 5.74) is 0. The van der Waals surface area contributed by atoms with E-state index in [9.17, 15) is 0 Å². The number of hydrogen-bond acceptors (Lipinski definition) is 0. The molecule has 0 bridgehead atoms. The van der Waals surface area contributed by atoms with Gasteiger partial charge in [-0.1, -0.05) is 69.1 Å². The highest BCUT2D eigenvalue weighted by molar-refractivity contribution is 6.17. The Kier molecular flexibility index (Phi) is 17.1. The van der Waals surface area contributed by atoms with Crippen molar-refractivity contribution in [3.05, 3.63) is 36.5 Å². The third kappa shape index (κ3) is 17.5. The molecule has 0 N–H and O–H groups in total. The first-order valence-electron chi connectivity index (χ1n) is 7.92. The Morgan fingerprint density at radius 3 is 1.79 bits per heavy atom. The molecule has 0 aromatic rings. The number of halogens is 1. The quantitative estimate of drug-likeness (QED) is 0.198. The lowest BCUT2D eigenvalue weighted by molar-refractivity contribution is 0.612. The molecule has 0 aromatic carbocycles. The topological polar surface area (TPSA) is 0 Å². The van der Waals surface area contributed by atoms with Gasteiger partial charge in [0, 0.05) is 5.88 Å². The summed E-state index contributed by atoms with van der Waals surface area (Å²) in [7, 11) is 0. The van der Waals surface area contributed by atoms with Crippen molar-refractivity contribution in [2.24, 2.45) is 0 Å². The molecule has 1 heteroatoms. The third-order valence-corrected chi connectivity index (χ3v) is 3.30. The predicted molar refractivity (Wildman–Crippen MR) is 90.0 cm³/mol. The van der Waals surface area contributed by atoms with Gasteiger partial charge in [-0.2, -0.15) is 0 Å². The second kappa shape index (κ2) is 17.5. The van der Waals surface area contributed by atoms with E-state index in [2.05, 4.69) is 43.4 Å². The van der Waals surface area contributed by atoms with Gasteiger partial charge in [0.05, 0.1) is 0 Å². The fourth-order valence-corrected chi connectivity index (χ4v) is 2.08. The van der Waals surface area contributed by atoms with Crippen LogP contribution < -0.4 is 0 Å². The van der Waals surface area contributed by atoms with Gasteiger partial charge in [-0.3, -0.25) is 0 Å². The Morgan fingerprint density at radius 2 is 1.16 bits per heavy atom. The van der Waals surface area contributed by atoms with Crippen molar-refractivity contribution in [1.82, 2.24) is 0 Å². The zero-order chi connectivity index (χ0) is 14.0. The van der Waals surface area contributed by atoms with Crippen molar-refractivity contribution in [3.8, 4) is 0 Å². The normalized spacial score (nSPS) is 12.3. The van der Waals surface area contributed by atoms with E-state index in [-0.39, 0.29) is 0 Å². The Balaban J connectivity index is 3.19. The van der Waals surface area contributed by atoms with Crippen molar-refractivity contribution in [3.63, 3.8) is 0 Å². The largest absolute Gasteiger partial charge is 0.127 e. The molecular weight excluding hydrogens is 252 g/mol. The highest BCUT2D eigenvalue weighted by atomic mass is 35.5. The van der Waals surface area contributed by atoms with Crippen LogP contribution in [0.1, 0.15) is 71.1 Å². The zero-order valence-electron chi connectivity index (χ0n) is 12.6. The zero-order valence-corrected chi connectivity index (χ0v) is 13.4. The second-order valence-electron chi connectivity index (χ2n) is 4.89. The Hall–Kier alpha value is -0.490. The third-order valence-electron chi connectivity index (χ3n) is 3.03. The molecule has 0 saturated carbocycles. The van der Waals surface area contributed by atoms with Gasteiger partial charge in [-0.05, 0) is 38.5 Å². The molecular formula is C18H31Cl. The number of alkyl halides is 1. The Morgan fingerprint density at radius 1 is 0.632 bits per heavy atom. The monoisotopic (exact) mass is 282 g/mol. The SMILES string of the molecule is CC/C=C\C/C=C\C/C=C\CCCCCCCCCl. The molecule has 0 fully saturated rings. The minimum absolute atomic E-state index is 0.824. The van der Waals surface area contributed by atoms with Gasteiger partial charge in [-0.15, -0.1) is 11.6 Å². The van der Waals surface area contributed by atoms with Gasteiger partial charge in [0.1, 0.15) is 0 Å². The fourth-order valence-electron chi connectivity index (χ4n) is 1.89. The predicted octanol–water partition coefficient (Wildman–Crippen LogP) is 6.81. The van der Waals surface area contributed by atoms with E-state index < -0.39 is 0 Å². The molecule has 0 aromatic heterocycles. The van der Waals surface area contributed by atoms with Crippen LogP contribution in [0.4, 0.5) is 0 Å².